The predicted octanol–water partition coefficient (Wildman–Crippen LogP) is 2.94. The average molecular weight is 335 g/mol. The molecule has 0 heterocycles. The Hall–Kier alpha value is -1.07. The van der Waals surface area contributed by atoms with Crippen molar-refractivity contribution >= 4 is 39.4 Å². The third-order valence-electron chi connectivity index (χ3n) is 2.69. The van der Waals surface area contributed by atoms with Crippen LogP contribution < -0.4 is 5.32 Å². The third-order valence-corrected chi connectivity index (χ3v) is 3.99. The summed E-state index contributed by atoms with van der Waals surface area (Å²) in [6.45, 7) is 3.18. The van der Waals surface area contributed by atoms with E-state index < -0.39 is 17.9 Å². The van der Waals surface area contributed by atoms with Crippen molar-refractivity contribution in [2.24, 2.45) is 5.92 Å². The Bertz CT molecular complexity index is 478. The van der Waals surface area contributed by atoms with Gasteiger partial charge in [-0.1, -0.05) is 17.7 Å². The van der Waals surface area contributed by atoms with Crippen LogP contribution in [0.25, 0.3) is 0 Å². The number of hydrogen-bond acceptors (Lipinski definition) is 2. The van der Waals surface area contributed by atoms with E-state index in [1.165, 1.54) is 6.92 Å². The maximum atomic E-state index is 11.9. The zero-order valence-corrected chi connectivity index (χ0v) is 12.2. The molecule has 98 valence electrons. The van der Waals surface area contributed by atoms with Gasteiger partial charge in [0.25, 0.3) is 5.91 Å². The summed E-state index contributed by atoms with van der Waals surface area (Å²) in [6, 6.07) is 4.52. The Morgan fingerprint density at radius 3 is 2.56 bits per heavy atom. The largest absolute Gasteiger partial charge is 0.481 e. The number of carbonyl (C=O) groups excluding carboxylic acids is 1. The number of aliphatic carboxylic acids is 1. The summed E-state index contributed by atoms with van der Waals surface area (Å²) in [6.07, 6.45) is 0. The number of nitrogens with one attached hydrogen (secondary N) is 1. The summed E-state index contributed by atoms with van der Waals surface area (Å²) in [5.74, 6) is -2.01. The fourth-order valence-electron chi connectivity index (χ4n) is 1.30. The maximum absolute atomic E-state index is 11.9. The smallest absolute Gasteiger partial charge is 0.308 e. The van der Waals surface area contributed by atoms with E-state index in [0.717, 1.165) is 0 Å². The van der Waals surface area contributed by atoms with E-state index in [4.69, 9.17) is 16.7 Å². The van der Waals surface area contributed by atoms with Gasteiger partial charge in [0.1, 0.15) is 0 Å². The van der Waals surface area contributed by atoms with Gasteiger partial charge in [-0.15, -0.1) is 0 Å². The molecule has 6 heteroatoms. The standard InChI is InChI=1S/C12H13BrClNO3/c1-6(12(17)18)7(2)15-11(16)8-4-3-5-9(13)10(8)14/h3-7H,1-2H3,(H,15,16)(H,17,18). The van der Waals surface area contributed by atoms with Gasteiger partial charge in [-0.05, 0) is 41.9 Å². The normalized spacial score (nSPS) is 13.8. The van der Waals surface area contributed by atoms with Crippen LogP contribution in [-0.2, 0) is 4.79 Å². The molecule has 0 spiro atoms. The first-order valence-corrected chi connectivity index (χ1v) is 6.49. The number of carboxylic acid groups (broad SMARTS) is 1. The second-order valence-corrected chi connectivity index (χ2v) is 5.22. The predicted molar refractivity (Wildman–Crippen MR) is 72.9 cm³/mol. The number of carboxylic acids is 1. The molecule has 2 N–H and O–H groups in total. The van der Waals surface area contributed by atoms with Crippen LogP contribution in [0.2, 0.25) is 5.02 Å². The summed E-state index contributed by atoms with van der Waals surface area (Å²) >= 11 is 9.22. The molecule has 1 aromatic carbocycles. The summed E-state index contributed by atoms with van der Waals surface area (Å²) in [5.41, 5.74) is 0.315. The average Bonchev–Trinajstić information content (AvgIpc) is 2.31. The molecule has 0 aromatic heterocycles. The highest BCUT2D eigenvalue weighted by Gasteiger charge is 2.22. The molecule has 0 bridgehead atoms. The van der Waals surface area contributed by atoms with Crippen molar-refractivity contribution in [2.75, 3.05) is 0 Å². The molecule has 0 aliphatic rings. The van der Waals surface area contributed by atoms with Gasteiger partial charge < -0.3 is 10.4 Å². The van der Waals surface area contributed by atoms with Crippen molar-refractivity contribution in [3.63, 3.8) is 0 Å². The third kappa shape index (κ3) is 3.46. The lowest BCUT2D eigenvalue weighted by atomic mass is 10.0. The first-order valence-electron chi connectivity index (χ1n) is 5.32. The number of benzene rings is 1. The Morgan fingerprint density at radius 1 is 1.39 bits per heavy atom. The molecule has 2 atom stereocenters. The SMILES string of the molecule is CC(NC(=O)c1cccc(Br)c1Cl)C(C)C(=O)O. The molecule has 2 unspecified atom stereocenters. The molecule has 0 fully saturated rings. The van der Waals surface area contributed by atoms with Crippen LogP contribution in [0.3, 0.4) is 0 Å². The van der Waals surface area contributed by atoms with Crippen molar-refractivity contribution < 1.29 is 14.7 Å². The van der Waals surface area contributed by atoms with Crippen molar-refractivity contribution in [1.82, 2.24) is 5.32 Å². The lowest BCUT2D eigenvalue weighted by Gasteiger charge is -2.18. The van der Waals surface area contributed by atoms with Gasteiger partial charge in [0.15, 0.2) is 0 Å². The Kier molecular flexibility index (Phi) is 5.16. The Labute approximate surface area is 118 Å². The van der Waals surface area contributed by atoms with Gasteiger partial charge in [-0.25, -0.2) is 0 Å². The molecule has 1 amide bonds. The fourth-order valence-corrected chi connectivity index (χ4v) is 1.88. The lowest BCUT2D eigenvalue weighted by molar-refractivity contribution is -0.141. The minimum Gasteiger partial charge on any atom is -0.481 e. The van der Waals surface area contributed by atoms with Crippen LogP contribution in [-0.4, -0.2) is 23.0 Å². The molecule has 1 aromatic rings. The van der Waals surface area contributed by atoms with Crippen LogP contribution >= 0.6 is 27.5 Å². The lowest BCUT2D eigenvalue weighted by Crippen LogP contribution is -2.40. The second-order valence-electron chi connectivity index (χ2n) is 3.99. The van der Waals surface area contributed by atoms with E-state index in [2.05, 4.69) is 21.2 Å². The van der Waals surface area contributed by atoms with Crippen LogP contribution in [0.5, 0.6) is 0 Å². The van der Waals surface area contributed by atoms with Gasteiger partial charge in [-0.2, -0.15) is 0 Å². The molecule has 0 aliphatic heterocycles. The molecule has 0 aliphatic carbocycles. The first-order chi connectivity index (χ1) is 8.34. The first kappa shape index (κ1) is 15.0. The quantitative estimate of drug-likeness (QED) is 0.889. The highest BCUT2D eigenvalue weighted by molar-refractivity contribution is 9.10. The van der Waals surface area contributed by atoms with Crippen molar-refractivity contribution in [2.45, 2.75) is 19.9 Å². The zero-order valence-electron chi connectivity index (χ0n) is 9.91. The van der Waals surface area contributed by atoms with E-state index in [1.807, 2.05) is 0 Å². The fraction of sp³-hybridized carbons (Fsp3) is 0.333. The summed E-state index contributed by atoms with van der Waals surface area (Å²) < 4.78 is 0.621. The molecule has 0 saturated carbocycles. The zero-order chi connectivity index (χ0) is 13.9. The van der Waals surface area contributed by atoms with E-state index in [1.54, 1.807) is 25.1 Å². The van der Waals surface area contributed by atoms with E-state index in [0.29, 0.717) is 15.1 Å². The summed E-state index contributed by atoms with van der Waals surface area (Å²) in [7, 11) is 0. The van der Waals surface area contributed by atoms with E-state index in [9.17, 15) is 9.59 Å². The molecule has 0 saturated heterocycles. The van der Waals surface area contributed by atoms with Crippen LogP contribution in [0, 0.1) is 5.92 Å². The number of hydrogen-bond donors (Lipinski definition) is 2. The molecular weight excluding hydrogens is 321 g/mol. The highest BCUT2D eigenvalue weighted by atomic mass is 79.9. The van der Waals surface area contributed by atoms with Gasteiger partial charge in [0.2, 0.25) is 0 Å². The van der Waals surface area contributed by atoms with Crippen LogP contribution in [0.4, 0.5) is 0 Å². The van der Waals surface area contributed by atoms with E-state index >= 15 is 0 Å². The monoisotopic (exact) mass is 333 g/mol. The topological polar surface area (TPSA) is 66.4 Å². The number of rotatable bonds is 4. The molecule has 1 rings (SSSR count). The van der Waals surface area contributed by atoms with Gasteiger partial charge in [0.05, 0.1) is 16.5 Å². The number of amides is 1. The summed E-state index contributed by atoms with van der Waals surface area (Å²) in [4.78, 5) is 22.7. The Morgan fingerprint density at radius 2 is 2.00 bits per heavy atom. The Balaban J connectivity index is 2.83. The number of carbonyl (C=O) groups is 2. The second kappa shape index (κ2) is 6.20. The van der Waals surface area contributed by atoms with E-state index in [-0.39, 0.29) is 5.91 Å². The van der Waals surface area contributed by atoms with Gasteiger partial charge >= 0.3 is 5.97 Å². The van der Waals surface area contributed by atoms with Crippen LogP contribution in [0.15, 0.2) is 22.7 Å². The summed E-state index contributed by atoms with van der Waals surface area (Å²) in [5, 5.41) is 11.8. The van der Waals surface area contributed by atoms with Crippen LogP contribution in [0.1, 0.15) is 24.2 Å². The molecule has 4 nitrogen and oxygen atoms in total. The van der Waals surface area contributed by atoms with Crippen molar-refractivity contribution in [3.8, 4) is 0 Å². The minimum atomic E-state index is -0.955. The molecule has 18 heavy (non-hydrogen) atoms. The maximum Gasteiger partial charge on any atom is 0.308 e. The highest BCUT2D eigenvalue weighted by Crippen LogP contribution is 2.26. The molecular formula is C12H13BrClNO3. The minimum absolute atomic E-state index is 0.310. The van der Waals surface area contributed by atoms with Crippen molar-refractivity contribution in [3.05, 3.63) is 33.3 Å². The molecule has 0 radical (unpaired) electrons. The van der Waals surface area contributed by atoms with Gasteiger partial charge in [0, 0.05) is 10.5 Å². The number of halogens is 2. The van der Waals surface area contributed by atoms with Crippen molar-refractivity contribution in [1.29, 1.82) is 0 Å². The van der Waals surface area contributed by atoms with Gasteiger partial charge in [-0.3, -0.25) is 9.59 Å².